The fraction of sp³-hybridized carbons (Fsp3) is 0.375. The fourth-order valence-corrected chi connectivity index (χ4v) is 7.05. The third-order valence-electron chi connectivity index (χ3n) is 8.36. The van der Waals surface area contributed by atoms with Gasteiger partial charge >= 0.3 is 12.1 Å². The number of carboxylic acid groups (broad SMARTS) is 1. The first-order valence-corrected chi connectivity index (χ1v) is 16.0. The summed E-state index contributed by atoms with van der Waals surface area (Å²) >= 11 is 0. The summed E-state index contributed by atoms with van der Waals surface area (Å²) in [5.74, 6) is -3.39. The van der Waals surface area contributed by atoms with Gasteiger partial charge in [0, 0.05) is 31.7 Å². The van der Waals surface area contributed by atoms with Gasteiger partial charge in [0.2, 0.25) is 15.6 Å². The van der Waals surface area contributed by atoms with E-state index in [0.29, 0.717) is 30.6 Å². The third kappa shape index (κ3) is 8.28. The van der Waals surface area contributed by atoms with E-state index in [0.717, 1.165) is 37.0 Å². The summed E-state index contributed by atoms with van der Waals surface area (Å²) in [6.07, 6.45) is -2.90. The molecule has 2 bridgehead atoms. The number of alkyl halides is 3. The second kappa shape index (κ2) is 14.1. The predicted molar refractivity (Wildman–Crippen MR) is 156 cm³/mol. The molecule has 3 saturated heterocycles. The van der Waals surface area contributed by atoms with E-state index in [1.165, 1.54) is 0 Å². The Morgan fingerprint density at radius 2 is 1.36 bits per heavy atom. The number of benzene rings is 3. The maximum Gasteiger partial charge on any atom is 0.430 e. The number of fused-ring (bicyclic) bond motifs is 3. The maximum atomic E-state index is 13.7. The average molecular weight is 649 g/mol. The molecule has 13 heteroatoms. The molecule has 3 heterocycles. The Morgan fingerprint density at radius 1 is 0.889 bits per heavy atom. The summed E-state index contributed by atoms with van der Waals surface area (Å²) in [5, 5.41) is 20.6. The van der Waals surface area contributed by atoms with Gasteiger partial charge in [-0.05, 0) is 23.3 Å². The number of hydrogen-bond acceptors (Lipinski definition) is 7. The molecule has 0 spiro atoms. The standard InChI is InChI=1S/C30H35N2O5S.C2HF3O2/c33-29(30(34,25-11-4-1-5-12-25)26-13-6-2-7-14-26)37-28-23-32(21-17-24(28)18-22-32)20-10-19-31-38(35,36)27-15-8-3-9-16-27;3-2(4,5)1(6)7/h1-9,11-16,24,28,31,34H,10,17-23H2;(H,6,7)/q+1;/p-1/t24?,28-,32?;/m0./s1. The van der Waals surface area contributed by atoms with E-state index >= 15 is 0 Å². The molecule has 0 amide bonds. The molecule has 0 aromatic heterocycles. The molecule has 45 heavy (non-hydrogen) atoms. The van der Waals surface area contributed by atoms with Gasteiger partial charge in [0.1, 0.15) is 12.5 Å². The molecular weight excluding hydrogens is 613 g/mol. The zero-order valence-electron chi connectivity index (χ0n) is 24.4. The van der Waals surface area contributed by atoms with Crippen molar-refractivity contribution in [1.29, 1.82) is 0 Å². The second-order valence-corrected chi connectivity index (χ2v) is 13.0. The van der Waals surface area contributed by atoms with Gasteiger partial charge < -0.3 is 24.2 Å². The minimum Gasteiger partial charge on any atom is -0.542 e. The highest BCUT2D eigenvalue weighted by Crippen LogP contribution is 2.38. The number of carboxylic acids is 1. The Hall–Kier alpha value is -3.78. The van der Waals surface area contributed by atoms with Gasteiger partial charge in [0.15, 0.2) is 6.10 Å². The molecule has 242 valence electrons. The number of ether oxygens (including phenoxy) is 1. The molecule has 3 aromatic rings. The second-order valence-electron chi connectivity index (χ2n) is 11.3. The number of aliphatic carboxylic acids is 1. The minimum absolute atomic E-state index is 0.266. The lowest BCUT2D eigenvalue weighted by atomic mass is 9.82. The SMILES string of the molecule is O=C(O[C@H]1C[N+]2(CCCNS(=O)(=O)c3ccccc3)CCC1CC2)C(O)(c1ccccc1)c1ccccc1.O=C([O-])C(F)(F)F. The van der Waals surface area contributed by atoms with Crippen molar-refractivity contribution in [3.8, 4) is 0 Å². The van der Waals surface area contributed by atoms with Crippen LogP contribution in [0.5, 0.6) is 0 Å². The Kier molecular flexibility index (Phi) is 10.7. The van der Waals surface area contributed by atoms with Crippen molar-refractivity contribution in [3.05, 3.63) is 102 Å². The van der Waals surface area contributed by atoms with Crippen molar-refractivity contribution in [2.75, 3.05) is 32.7 Å². The lowest BCUT2D eigenvalue weighted by Crippen LogP contribution is -2.65. The predicted octanol–water partition coefficient (Wildman–Crippen LogP) is 2.74. The van der Waals surface area contributed by atoms with Gasteiger partial charge in [-0.3, -0.25) is 0 Å². The molecule has 9 nitrogen and oxygen atoms in total. The van der Waals surface area contributed by atoms with Crippen molar-refractivity contribution >= 4 is 22.0 Å². The lowest BCUT2D eigenvalue weighted by Gasteiger charge is -2.52. The van der Waals surface area contributed by atoms with Crippen LogP contribution in [0.25, 0.3) is 0 Å². The molecule has 3 aliphatic rings. The van der Waals surface area contributed by atoms with Crippen molar-refractivity contribution < 1.29 is 50.6 Å². The molecule has 1 atom stereocenters. The van der Waals surface area contributed by atoms with Gasteiger partial charge in [-0.1, -0.05) is 78.9 Å². The molecule has 3 fully saturated rings. The average Bonchev–Trinajstić information content (AvgIpc) is 3.04. The number of esters is 1. The van der Waals surface area contributed by atoms with Crippen LogP contribution < -0.4 is 9.83 Å². The normalized spacial score (nSPS) is 21.3. The molecular formula is C32H35F3N2O7S. The van der Waals surface area contributed by atoms with E-state index < -0.39 is 33.7 Å². The number of aliphatic hydroxyl groups is 1. The Labute approximate surface area is 259 Å². The number of nitrogens with one attached hydrogen (secondary N) is 1. The zero-order valence-corrected chi connectivity index (χ0v) is 25.2. The highest BCUT2D eigenvalue weighted by atomic mass is 32.2. The Bertz CT molecular complexity index is 1490. The van der Waals surface area contributed by atoms with Gasteiger partial charge in [0.25, 0.3) is 0 Å². The summed E-state index contributed by atoms with van der Waals surface area (Å²) in [4.78, 5) is 22.7. The quantitative estimate of drug-likeness (QED) is 0.196. The van der Waals surface area contributed by atoms with Gasteiger partial charge in [0.05, 0.1) is 24.5 Å². The van der Waals surface area contributed by atoms with Crippen LogP contribution >= 0.6 is 0 Å². The van der Waals surface area contributed by atoms with Crippen molar-refractivity contribution in [2.45, 2.75) is 42.0 Å². The van der Waals surface area contributed by atoms with E-state index in [4.69, 9.17) is 14.6 Å². The fourth-order valence-electron chi connectivity index (χ4n) is 5.96. The number of hydrogen-bond donors (Lipinski definition) is 2. The number of carbonyl (C=O) groups is 2. The Morgan fingerprint density at radius 3 is 1.82 bits per heavy atom. The van der Waals surface area contributed by atoms with Gasteiger partial charge in [-0.2, -0.15) is 13.2 Å². The maximum absolute atomic E-state index is 13.7. The van der Waals surface area contributed by atoms with Crippen LogP contribution in [0.4, 0.5) is 13.2 Å². The van der Waals surface area contributed by atoms with Crippen molar-refractivity contribution in [2.24, 2.45) is 5.92 Å². The molecule has 3 aliphatic heterocycles. The summed E-state index contributed by atoms with van der Waals surface area (Å²) in [6, 6.07) is 26.3. The number of sulfonamides is 1. The molecule has 0 aliphatic carbocycles. The highest BCUT2D eigenvalue weighted by Gasteiger charge is 2.50. The zero-order chi connectivity index (χ0) is 32.7. The summed E-state index contributed by atoms with van der Waals surface area (Å²) in [5.41, 5.74) is -0.936. The molecule has 2 N–H and O–H groups in total. The van der Waals surface area contributed by atoms with Crippen LogP contribution in [0.1, 0.15) is 30.4 Å². The van der Waals surface area contributed by atoms with Crippen LogP contribution in [-0.4, -0.2) is 75.0 Å². The third-order valence-corrected chi connectivity index (χ3v) is 9.84. The first-order chi connectivity index (χ1) is 21.3. The van der Waals surface area contributed by atoms with Gasteiger partial charge in [-0.15, -0.1) is 0 Å². The van der Waals surface area contributed by atoms with E-state index in [1.807, 2.05) is 12.1 Å². The van der Waals surface area contributed by atoms with E-state index in [2.05, 4.69) is 4.72 Å². The van der Waals surface area contributed by atoms with Crippen LogP contribution in [0, 0.1) is 5.92 Å². The summed E-state index contributed by atoms with van der Waals surface area (Å²) in [7, 11) is -3.53. The molecule has 0 radical (unpaired) electrons. The topological polar surface area (TPSA) is 133 Å². The minimum atomic E-state index is -5.19. The number of halogens is 3. The van der Waals surface area contributed by atoms with Crippen LogP contribution in [0.3, 0.4) is 0 Å². The van der Waals surface area contributed by atoms with Gasteiger partial charge in [-0.25, -0.2) is 17.9 Å². The van der Waals surface area contributed by atoms with Crippen LogP contribution in [0.15, 0.2) is 95.9 Å². The summed E-state index contributed by atoms with van der Waals surface area (Å²) in [6.45, 7) is 3.83. The van der Waals surface area contributed by atoms with Crippen LogP contribution in [0.2, 0.25) is 0 Å². The van der Waals surface area contributed by atoms with Crippen LogP contribution in [-0.2, 0) is 30.0 Å². The number of piperidine rings is 3. The number of carbonyl (C=O) groups excluding carboxylic acids is 2. The Balaban J connectivity index is 0.000000591. The lowest BCUT2D eigenvalue weighted by molar-refractivity contribution is -0.946. The molecule has 6 rings (SSSR count). The van der Waals surface area contributed by atoms with Crippen molar-refractivity contribution in [3.63, 3.8) is 0 Å². The number of quaternary nitrogens is 1. The molecule has 0 saturated carbocycles. The van der Waals surface area contributed by atoms with E-state index in [9.17, 15) is 31.5 Å². The monoisotopic (exact) mass is 648 g/mol. The molecule has 0 unspecified atom stereocenters. The van der Waals surface area contributed by atoms with E-state index in [-0.39, 0.29) is 16.9 Å². The number of rotatable bonds is 10. The first kappa shape index (κ1) is 34.1. The first-order valence-electron chi connectivity index (χ1n) is 14.5. The number of nitrogens with zero attached hydrogens (tertiary/aromatic N) is 1. The smallest absolute Gasteiger partial charge is 0.430 e. The molecule has 3 aromatic carbocycles. The van der Waals surface area contributed by atoms with Crippen molar-refractivity contribution in [1.82, 2.24) is 4.72 Å². The summed E-state index contributed by atoms with van der Waals surface area (Å²) < 4.78 is 66.3. The van der Waals surface area contributed by atoms with E-state index in [1.54, 1.807) is 78.9 Å². The highest BCUT2D eigenvalue weighted by molar-refractivity contribution is 7.89. The largest absolute Gasteiger partial charge is 0.542 e.